The summed E-state index contributed by atoms with van der Waals surface area (Å²) in [7, 11) is -0.873. The summed E-state index contributed by atoms with van der Waals surface area (Å²) in [5.74, 6) is -1.30. The van der Waals surface area contributed by atoms with Gasteiger partial charge < -0.3 is 16.2 Å². The minimum Gasteiger partial charge on any atom is -0.479 e. The first kappa shape index (κ1) is 9.66. The molecule has 5 N–H and O–H groups in total. The number of allylic oxidation sites excluding steroid dienone is 2. The average molecular weight is 201 g/mol. The van der Waals surface area contributed by atoms with Crippen LogP contribution in [0.3, 0.4) is 0 Å². The SMILES string of the molecule is N=C(N)NC(C(=O)O)[SH]1C=CC=C1. The zero-order valence-corrected chi connectivity index (χ0v) is 7.66. The summed E-state index contributed by atoms with van der Waals surface area (Å²) in [6.07, 6.45) is 3.59. The number of nitrogens with two attached hydrogens (primary N) is 1. The van der Waals surface area contributed by atoms with Crippen molar-refractivity contribution >= 4 is 22.8 Å². The van der Waals surface area contributed by atoms with Crippen LogP contribution in [0.15, 0.2) is 23.0 Å². The normalized spacial score (nSPS) is 18.6. The lowest BCUT2D eigenvalue weighted by Gasteiger charge is -2.20. The predicted octanol–water partition coefficient (Wildman–Crippen LogP) is -0.0776. The van der Waals surface area contributed by atoms with E-state index >= 15 is 0 Å². The van der Waals surface area contributed by atoms with Crippen LogP contribution in [0.1, 0.15) is 0 Å². The maximum atomic E-state index is 10.8. The van der Waals surface area contributed by atoms with Crippen molar-refractivity contribution in [2.75, 3.05) is 0 Å². The molecule has 0 amide bonds. The third kappa shape index (κ3) is 2.51. The summed E-state index contributed by atoms with van der Waals surface area (Å²) in [5.41, 5.74) is 5.07. The fourth-order valence-corrected chi connectivity index (χ4v) is 2.51. The summed E-state index contributed by atoms with van der Waals surface area (Å²) in [5, 5.41) is 21.0. The lowest BCUT2D eigenvalue weighted by Crippen LogP contribution is -2.43. The Morgan fingerprint density at radius 2 is 2.08 bits per heavy atom. The first-order valence-electron chi connectivity index (χ1n) is 3.57. The van der Waals surface area contributed by atoms with Gasteiger partial charge in [0.1, 0.15) is 0 Å². The standard InChI is InChI=1S/C7H11N3O2S/c8-7(9)10-5(6(11)12)13-3-1-2-4-13/h1-5,13H,(H,11,12)(H4,8,9,10). The number of hydrogen-bond donors (Lipinski definition) is 5. The van der Waals surface area contributed by atoms with E-state index in [9.17, 15) is 4.79 Å². The first-order valence-corrected chi connectivity index (χ1v) is 5.12. The second-order valence-corrected chi connectivity index (χ2v) is 4.44. The summed E-state index contributed by atoms with van der Waals surface area (Å²) >= 11 is 0. The fraction of sp³-hybridized carbons (Fsp3) is 0.143. The van der Waals surface area contributed by atoms with E-state index in [-0.39, 0.29) is 5.96 Å². The molecule has 0 fully saturated rings. The smallest absolute Gasteiger partial charge is 0.335 e. The molecule has 72 valence electrons. The van der Waals surface area contributed by atoms with Crippen LogP contribution in [0.2, 0.25) is 0 Å². The highest BCUT2D eigenvalue weighted by molar-refractivity contribution is 8.23. The van der Waals surface area contributed by atoms with E-state index in [1.165, 1.54) is 0 Å². The van der Waals surface area contributed by atoms with E-state index in [4.69, 9.17) is 16.2 Å². The molecule has 0 aromatic carbocycles. The molecule has 0 spiro atoms. The minimum absolute atomic E-state index is 0.316. The van der Waals surface area contributed by atoms with Gasteiger partial charge in [-0.15, -0.1) is 0 Å². The van der Waals surface area contributed by atoms with Gasteiger partial charge in [-0.05, 0) is 10.8 Å². The summed E-state index contributed by atoms with van der Waals surface area (Å²) in [4.78, 5) is 10.8. The molecule has 6 heteroatoms. The van der Waals surface area contributed by atoms with Gasteiger partial charge in [-0.25, -0.2) is 4.79 Å². The lowest BCUT2D eigenvalue weighted by molar-refractivity contribution is -0.136. The molecule has 0 saturated carbocycles. The zero-order chi connectivity index (χ0) is 9.84. The van der Waals surface area contributed by atoms with Crippen LogP contribution in [0.25, 0.3) is 0 Å². The van der Waals surface area contributed by atoms with Crippen molar-refractivity contribution in [3.8, 4) is 0 Å². The first-order chi connectivity index (χ1) is 6.11. The number of hydrogen-bond acceptors (Lipinski definition) is 2. The molecular weight excluding hydrogens is 190 g/mol. The number of carboxylic acid groups (broad SMARTS) is 1. The van der Waals surface area contributed by atoms with Crippen LogP contribution < -0.4 is 11.1 Å². The monoisotopic (exact) mass is 201 g/mol. The number of carbonyl (C=O) groups is 1. The summed E-state index contributed by atoms with van der Waals surface area (Å²) < 4.78 is 0. The van der Waals surface area contributed by atoms with Crippen LogP contribution in [-0.2, 0) is 4.79 Å². The third-order valence-corrected chi connectivity index (χ3v) is 3.43. The quantitative estimate of drug-likeness (QED) is 0.250. The van der Waals surface area contributed by atoms with Gasteiger partial charge in [0, 0.05) is 0 Å². The molecule has 0 aromatic rings. The number of nitrogens with one attached hydrogen (secondary N) is 2. The molecule has 0 bridgehead atoms. The van der Waals surface area contributed by atoms with Crippen LogP contribution in [0.5, 0.6) is 0 Å². The van der Waals surface area contributed by atoms with E-state index < -0.39 is 22.2 Å². The number of guanidine groups is 1. The molecule has 1 aliphatic rings. The van der Waals surface area contributed by atoms with Crippen LogP contribution in [0, 0.1) is 5.41 Å². The summed E-state index contributed by atoms with van der Waals surface area (Å²) in [6, 6.07) is 0. The van der Waals surface area contributed by atoms with Crippen molar-refractivity contribution in [2.24, 2.45) is 5.73 Å². The number of aliphatic carboxylic acids is 1. The van der Waals surface area contributed by atoms with Gasteiger partial charge in [0.25, 0.3) is 0 Å². The highest BCUT2D eigenvalue weighted by Crippen LogP contribution is 2.36. The number of carboxylic acids is 1. The number of thiol groups is 1. The Labute approximate surface area is 78.2 Å². The molecule has 1 rings (SSSR count). The van der Waals surface area contributed by atoms with Gasteiger partial charge >= 0.3 is 5.97 Å². The van der Waals surface area contributed by atoms with Gasteiger partial charge in [0.05, 0.1) is 0 Å². The molecule has 1 atom stereocenters. The maximum absolute atomic E-state index is 10.8. The second-order valence-electron chi connectivity index (χ2n) is 2.43. The zero-order valence-electron chi connectivity index (χ0n) is 6.77. The minimum atomic E-state index is -0.988. The Kier molecular flexibility index (Phi) is 2.97. The van der Waals surface area contributed by atoms with Crippen molar-refractivity contribution in [3.05, 3.63) is 23.0 Å². The van der Waals surface area contributed by atoms with Crippen LogP contribution in [-0.4, -0.2) is 22.4 Å². The van der Waals surface area contributed by atoms with Gasteiger partial charge in [-0.1, -0.05) is 12.2 Å². The highest BCUT2D eigenvalue weighted by Gasteiger charge is 2.22. The topological polar surface area (TPSA) is 99.2 Å². The van der Waals surface area contributed by atoms with Crippen molar-refractivity contribution in [3.63, 3.8) is 0 Å². The van der Waals surface area contributed by atoms with E-state index in [1.54, 1.807) is 12.2 Å². The second kappa shape index (κ2) is 3.99. The molecule has 0 aromatic heterocycles. The highest BCUT2D eigenvalue weighted by atomic mass is 32.2. The Morgan fingerprint density at radius 3 is 2.46 bits per heavy atom. The largest absolute Gasteiger partial charge is 0.479 e. The summed E-state index contributed by atoms with van der Waals surface area (Å²) in [6.45, 7) is 0. The molecule has 1 aliphatic heterocycles. The Bertz CT molecular complexity index is 275. The lowest BCUT2D eigenvalue weighted by atomic mass is 10.6. The molecule has 0 aliphatic carbocycles. The molecule has 5 nitrogen and oxygen atoms in total. The molecule has 1 heterocycles. The Balaban J connectivity index is 2.67. The predicted molar refractivity (Wildman–Crippen MR) is 53.7 cm³/mol. The fourth-order valence-electron chi connectivity index (χ4n) is 0.931. The van der Waals surface area contributed by atoms with Gasteiger partial charge in [0.2, 0.25) is 0 Å². The van der Waals surface area contributed by atoms with Crippen LogP contribution in [0.4, 0.5) is 0 Å². The maximum Gasteiger partial charge on any atom is 0.335 e. The van der Waals surface area contributed by atoms with E-state index in [2.05, 4.69) is 5.32 Å². The van der Waals surface area contributed by atoms with Crippen LogP contribution >= 0.6 is 10.9 Å². The molecular formula is C7H11N3O2S. The van der Waals surface area contributed by atoms with Gasteiger partial charge in [0.15, 0.2) is 11.3 Å². The van der Waals surface area contributed by atoms with Gasteiger partial charge in [-0.3, -0.25) is 5.41 Å². The molecule has 1 unspecified atom stereocenters. The van der Waals surface area contributed by atoms with Crippen molar-refractivity contribution < 1.29 is 9.90 Å². The van der Waals surface area contributed by atoms with E-state index in [1.807, 2.05) is 10.8 Å². The van der Waals surface area contributed by atoms with Crippen molar-refractivity contribution in [1.29, 1.82) is 5.41 Å². The molecule has 13 heavy (non-hydrogen) atoms. The van der Waals surface area contributed by atoms with E-state index in [0.717, 1.165) is 0 Å². The molecule has 0 radical (unpaired) electrons. The van der Waals surface area contributed by atoms with Gasteiger partial charge in [-0.2, -0.15) is 10.9 Å². The Hall–Kier alpha value is -1.43. The average Bonchev–Trinajstić information content (AvgIpc) is 2.50. The van der Waals surface area contributed by atoms with Crippen molar-refractivity contribution in [1.82, 2.24) is 5.32 Å². The molecule has 0 saturated heterocycles. The third-order valence-electron chi connectivity index (χ3n) is 1.45. The number of rotatable bonds is 3. The Morgan fingerprint density at radius 1 is 1.54 bits per heavy atom. The van der Waals surface area contributed by atoms with Crippen molar-refractivity contribution in [2.45, 2.75) is 5.37 Å². The van der Waals surface area contributed by atoms with E-state index in [0.29, 0.717) is 0 Å².